The molecule has 1 aromatic heterocycles. The average Bonchev–Trinajstić information content (AvgIpc) is 2.76. The molecule has 1 heterocycles. The summed E-state index contributed by atoms with van der Waals surface area (Å²) in [7, 11) is 1.33. The van der Waals surface area contributed by atoms with Gasteiger partial charge in [0.1, 0.15) is 11.3 Å². The van der Waals surface area contributed by atoms with Crippen molar-refractivity contribution in [2.75, 3.05) is 7.11 Å². The molecule has 0 amide bonds. The molecule has 30 heavy (non-hydrogen) atoms. The van der Waals surface area contributed by atoms with E-state index >= 15 is 0 Å². The number of methoxy groups -OCH3 is 1. The van der Waals surface area contributed by atoms with Gasteiger partial charge in [0.2, 0.25) is 0 Å². The lowest BCUT2D eigenvalue weighted by Gasteiger charge is -2.17. The Morgan fingerprint density at radius 3 is 2.53 bits per heavy atom. The minimum absolute atomic E-state index is 0.427. The first-order valence-electron chi connectivity index (χ1n) is 10.4. The van der Waals surface area contributed by atoms with Gasteiger partial charge in [0.05, 0.1) is 7.11 Å². The highest BCUT2D eigenvalue weighted by Gasteiger charge is 2.19. The molecule has 0 radical (unpaired) electrons. The molecular formula is C25H28O5. The van der Waals surface area contributed by atoms with Gasteiger partial charge in [0, 0.05) is 17.5 Å². The van der Waals surface area contributed by atoms with Gasteiger partial charge < -0.3 is 13.9 Å². The summed E-state index contributed by atoms with van der Waals surface area (Å²) in [6.45, 7) is 3.82. The van der Waals surface area contributed by atoms with E-state index in [1.807, 2.05) is 36.4 Å². The Labute approximate surface area is 176 Å². The number of aryl methyl sites for hydroxylation is 1. The van der Waals surface area contributed by atoms with Gasteiger partial charge in [0.25, 0.3) is 0 Å². The zero-order valence-electron chi connectivity index (χ0n) is 17.8. The molecule has 0 aliphatic rings. The average molecular weight is 408 g/mol. The topological polar surface area (TPSA) is 65.7 Å². The molecule has 158 valence electrons. The molecule has 5 nitrogen and oxygen atoms in total. The number of carbonyl (C=O) groups is 1. The van der Waals surface area contributed by atoms with E-state index in [1.54, 1.807) is 13.0 Å². The Morgan fingerprint density at radius 1 is 1.07 bits per heavy atom. The second-order valence-electron chi connectivity index (χ2n) is 7.40. The molecule has 2 aromatic carbocycles. The normalized spacial score (nSPS) is 12.0. The molecular weight excluding hydrogens is 380 g/mol. The Hall–Kier alpha value is -3.08. The third-order valence-corrected chi connectivity index (χ3v) is 5.15. The summed E-state index contributed by atoms with van der Waals surface area (Å²) in [5.74, 6) is 0.0942. The molecule has 0 aliphatic carbocycles. The summed E-state index contributed by atoms with van der Waals surface area (Å²) in [5, 5.41) is 0.851. The van der Waals surface area contributed by atoms with Crippen LogP contribution < -0.4 is 10.4 Å². The molecule has 0 unspecified atom stereocenters. The number of fused-ring (bicyclic) bond motifs is 1. The largest absolute Gasteiger partial charge is 0.479 e. The summed E-state index contributed by atoms with van der Waals surface area (Å²) in [6, 6.07) is 15.0. The van der Waals surface area contributed by atoms with Crippen molar-refractivity contribution < 1.29 is 18.7 Å². The highest BCUT2D eigenvalue weighted by molar-refractivity contribution is 5.94. The molecule has 0 aliphatic heterocycles. The number of esters is 1. The first kappa shape index (κ1) is 21.6. The van der Waals surface area contributed by atoms with Crippen LogP contribution in [0.3, 0.4) is 0 Å². The SMILES string of the molecule is CCCCCCc1cc2c(-c3ccccc3)cc(=O)oc2cc1O[C@@H](C)C(=O)OC. The molecule has 1 atom stereocenters. The van der Waals surface area contributed by atoms with Crippen LogP contribution in [-0.2, 0) is 16.0 Å². The number of unbranched alkanes of at least 4 members (excludes halogenated alkanes) is 3. The van der Waals surface area contributed by atoms with Gasteiger partial charge in [-0.2, -0.15) is 0 Å². The van der Waals surface area contributed by atoms with Crippen molar-refractivity contribution in [1.29, 1.82) is 0 Å². The molecule has 5 heteroatoms. The molecule has 0 saturated heterocycles. The highest BCUT2D eigenvalue weighted by atomic mass is 16.6. The first-order chi connectivity index (χ1) is 14.5. The van der Waals surface area contributed by atoms with E-state index in [4.69, 9.17) is 13.9 Å². The molecule has 0 spiro atoms. The minimum Gasteiger partial charge on any atom is -0.479 e. The van der Waals surface area contributed by atoms with Crippen LogP contribution in [0.5, 0.6) is 5.75 Å². The van der Waals surface area contributed by atoms with Gasteiger partial charge in [0.15, 0.2) is 6.10 Å². The van der Waals surface area contributed by atoms with Gasteiger partial charge in [-0.15, -0.1) is 0 Å². The van der Waals surface area contributed by atoms with E-state index in [0.717, 1.165) is 47.8 Å². The lowest BCUT2D eigenvalue weighted by Crippen LogP contribution is -2.25. The summed E-state index contributed by atoms with van der Waals surface area (Å²) in [4.78, 5) is 24.1. The van der Waals surface area contributed by atoms with E-state index in [-0.39, 0.29) is 0 Å². The molecule has 0 fully saturated rings. The van der Waals surface area contributed by atoms with Crippen LogP contribution in [0.15, 0.2) is 57.7 Å². The second kappa shape index (κ2) is 10.1. The molecule has 0 bridgehead atoms. The Balaban J connectivity index is 2.09. The van der Waals surface area contributed by atoms with Crippen LogP contribution in [0.1, 0.15) is 45.1 Å². The maximum absolute atomic E-state index is 12.2. The van der Waals surface area contributed by atoms with Crippen LogP contribution in [-0.4, -0.2) is 19.2 Å². The lowest BCUT2D eigenvalue weighted by atomic mass is 9.98. The van der Waals surface area contributed by atoms with E-state index in [2.05, 4.69) is 6.92 Å². The third-order valence-electron chi connectivity index (χ3n) is 5.15. The summed E-state index contributed by atoms with van der Waals surface area (Å²) < 4.78 is 16.2. The molecule has 0 saturated carbocycles. The Bertz CT molecular complexity index is 1050. The molecule has 0 N–H and O–H groups in total. The van der Waals surface area contributed by atoms with E-state index in [0.29, 0.717) is 11.3 Å². The van der Waals surface area contributed by atoms with Crippen molar-refractivity contribution in [1.82, 2.24) is 0 Å². The number of rotatable bonds is 9. The number of hydrogen-bond donors (Lipinski definition) is 0. The van der Waals surface area contributed by atoms with Crippen LogP contribution in [0.4, 0.5) is 0 Å². The monoisotopic (exact) mass is 408 g/mol. The second-order valence-corrected chi connectivity index (χ2v) is 7.40. The zero-order valence-corrected chi connectivity index (χ0v) is 17.8. The van der Waals surface area contributed by atoms with E-state index < -0.39 is 17.7 Å². The van der Waals surface area contributed by atoms with Gasteiger partial charge in [-0.1, -0.05) is 56.5 Å². The quantitative estimate of drug-likeness (QED) is 0.265. The van der Waals surface area contributed by atoms with Gasteiger partial charge in [-0.25, -0.2) is 9.59 Å². The first-order valence-corrected chi connectivity index (χ1v) is 10.4. The Kier molecular flexibility index (Phi) is 7.28. The van der Waals surface area contributed by atoms with Crippen molar-refractivity contribution in [3.05, 3.63) is 64.5 Å². The number of ether oxygens (including phenoxy) is 2. The lowest BCUT2D eigenvalue weighted by molar-refractivity contribution is -0.147. The fourth-order valence-electron chi connectivity index (χ4n) is 3.54. The maximum Gasteiger partial charge on any atom is 0.346 e. The number of benzene rings is 2. The predicted molar refractivity (Wildman–Crippen MR) is 118 cm³/mol. The number of carbonyl (C=O) groups excluding carboxylic acids is 1. The highest BCUT2D eigenvalue weighted by Crippen LogP contribution is 2.33. The fourth-order valence-corrected chi connectivity index (χ4v) is 3.54. The van der Waals surface area contributed by atoms with Gasteiger partial charge in [-0.3, -0.25) is 0 Å². The van der Waals surface area contributed by atoms with Crippen LogP contribution in [0, 0.1) is 0 Å². The summed E-state index contributed by atoms with van der Waals surface area (Å²) >= 11 is 0. The van der Waals surface area contributed by atoms with Crippen LogP contribution in [0.25, 0.3) is 22.1 Å². The third kappa shape index (κ3) is 5.09. The zero-order chi connectivity index (χ0) is 21.5. The van der Waals surface area contributed by atoms with Crippen molar-refractivity contribution in [2.45, 2.75) is 52.1 Å². The maximum atomic E-state index is 12.2. The van der Waals surface area contributed by atoms with Crippen molar-refractivity contribution >= 4 is 16.9 Å². The fraction of sp³-hybridized carbons (Fsp3) is 0.360. The van der Waals surface area contributed by atoms with Crippen molar-refractivity contribution in [2.24, 2.45) is 0 Å². The summed E-state index contributed by atoms with van der Waals surface area (Å²) in [5.41, 5.74) is 2.77. The predicted octanol–water partition coefficient (Wildman–Crippen LogP) is 5.52. The Morgan fingerprint density at radius 2 is 1.83 bits per heavy atom. The molecule has 3 aromatic rings. The van der Waals surface area contributed by atoms with E-state index in [1.165, 1.54) is 19.6 Å². The smallest absolute Gasteiger partial charge is 0.346 e. The van der Waals surface area contributed by atoms with Crippen LogP contribution in [0.2, 0.25) is 0 Å². The van der Waals surface area contributed by atoms with E-state index in [9.17, 15) is 9.59 Å². The standard InChI is InChI=1S/C25H28O5/c1-4-5-6-8-13-19-14-21-20(18-11-9-7-10-12-18)15-24(26)30-23(21)16-22(19)29-17(2)25(27)28-3/h7,9-12,14-17H,4-6,8,13H2,1-3H3/t17-/m0/s1. The summed E-state index contributed by atoms with van der Waals surface area (Å²) in [6.07, 6.45) is 4.52. The molecule has 3 rings (SSSR count). The van der Waals surface area contributed by atoms with Gasteiger partial charge >= 0.3 is 11.6 Å². The van der Waals surface area contributed by atoms with Crippen molar-refractivity contribution in [3.63, 3.8) is 0 Å². The van der Waals surface area contributed by atoms with Crippen LogP contribution >= 0.6 is 0 Å². The minimum atomic E-state index is -0.758. The number of hydrogen-bond acceptors (Lipinski definition) is 5. The van der Waals surface area contributed by atoms with Gasteiger partial charge in [-0.05, 0) is 42.5 Å². The van der Waals surface area contributed by atoms with Crippen molar-refractivity contribution in [3.8, 4) is 16.9 Å².